The van der Waals surface area contributed by atoms with Gasteiger partial charge >= 0.3 is 0 Å². The second-order valence-corrected chi connectivity index (χ2v) is 3.61. The maximum atomic E-state index is 10.4. The van der Waals surface area contributed by atoms with E-state index in [-0.39, 0.29) is 6.61 Å². The molecule has 0 spiro atoms. The smallest absolute Gasteiger partial charge is 0.180 e. The van der Waals surface area contributed by atoms with Gasteiger partial charge in [0.1, 0.15) is 0 Å². The molecular weight excluding hydrogens is 200 g/mol. The number of carbonyl (C=O) groups excluding carboxylic acids is 1. The average molecular weight is 216 g/mol. The molecule has 0 saturated carbocycles. The van der Waals surface area contributed by atoms with E-state index in [1.807, 2.05) is 6.92 Å². The Morgan fingerprint density at radius 2 is 2.14 bits per heavy atom. The molecule has 1 aromatic rings. The van der Waals surface area contributed by atoms with Crippen LogP contribution in [0.25, 0.3) is 0 Å². The summed E-state index contributed by atoms with van der Waals surface area (Å²) in [5, 5.41) is 8.05. The molecule has 0 aromatic carbocycles. The van der Waals surface area contributed by atoms with Gasteiger partial charge in [-0.2, -0.15) is 0 Å². The van der Waals surface area contributed by atoms with E-state index in [0.717, 1.165) is 24.8 Å². The van der Waals surface area contributed by atoms with Gasteiger partial charge in [0.2, 0.25) is 0 Å². The molecule has 5 heteroatoms. The lowest BCUT2D eigenvalue weighted by Crippen LogP contribution is -1.89. The van der Waals surface area contributed by atoms with E-state index in [2.05, 4.69) is 4.98 Å². The minimum absolute atomic E-state index is 0.250. The van der Waals surface area contributed by atoms with Crippen LogP contribution in [0.4, 0.5) is 5.13 Å². The predicted molar refractivity (Wildman–Crippen MR) is 58.7 cm³/mol. The van der Waals surface area contributed by atoms with Gasteiger partial charge in [-0.1, -0.05) is 24.7 Å². The second-order valence-electron chi connectivity index (χ2n) is 2.55. The third-order valence-corrected chi connectivity index (χ3v) is 2.19. The summed E-state index contributed by atoms with van der Waals surface area (Å²) in [7, 11) is 0. The minimum atomic E-state index is 0.250. The van der Waals surface area contributed by atoms with Gasteiger partial charge in [0, 0.05) is 6.61 Å². The Bertz CT molecular complexity index is 274. The van der Waals surface area contributed by atoms with Gasteiger partial charge in [-0.15, -0.1) is 0 Å². The highest BCUT2D eigenvalue weighted by Gasteiger charge is 2.06. The van der Waals surface area contributed by atoms with E-state index in [1.54, 1.807) is 6.92 Å². The fraction of sp³-hybridized carbons (Fsp3) is 0.556. The number of aryl methyl sites for hydroxylation is 1. The zero-order valence-corrected chi connectivity index (χ0v) is 9.30. The third-order valence-electron chi connectivity index (χ3n) is 1.34. The molecule has 0 aliphatic carbocycles. The van der Waals surface area contributed by atoms with Crippen molar-refractivity contribution in [2.45, 2.75) is 26.7 Å². The Labute approximate surface area is 87.8 Å². The van der Waals surface area contributed by atoms with Crippen molar-refractivity contribution < 1.29 is 9.90 Å². The van der Waals surface area contributed by atoms with E-state index < -0.39 is 0 Å². The first-order valence-corrected chi connectivity index (χ1v) is 5.32. The molecule has 0 unspecified atom stereocenters. The summed E-state index contributed by atoms with van der Waals surface area (Å²) in [5.74, 6) is 0. The van der Waals surface area contributed by atoms with Crippen molar-refractivity contribution in [2.24, 2.45) is 0 Å². The number of aliphatic hydroxyl groups excluding tert-OH is 1. The molecule has 3 N–H and O–H groups in total. The number of rotatable bonds is 3. The van der Waals surface area contributed by atoms with Gasteiger partial charge in [-0.25, -0.2) is 4.98 Å². The fourth-order valence-corrected chi connectivity index (χ4v) is 1.59. The molecule has 4 nitrogen and oxygen atoms in total. The van der Waals surface area contributed by atoms with Crippen LogP contribution in [0.5, 0.6) is 0 Å². The lowest BCUT2D eigenvalue weighted by atomic mass is 10.2. The monoisotopic (exact) mass is 216 g/mol. The lowest BCUT2D eigenvalue weighted by Gasteiger charge is -1.89. The third kappa shape index (κ3) is 4.34. The summed E-state index contributed by atoms with van der Waals surface area (Å²) in [4.78, 5) is 15.1. The summed E-state index contributed by atoms with van der Waals surface area (Å²) in [6, 6.07) is 0. The van der Waals surface area contributed by atoms with Gasteiger partial charge in [0.15, 0.2) is 11.4 Å². The first kappa shape index (κ1) is 13.1. The van der Waals surface area contributed by atoms with Crippen molar-refractivity contribution in [3.63, 3.8) is 0 Å². The molecule has 0 aliphatic rings. The summed E-state index contributed by atoms with van der Waals surface area (Å²) in [6.07, 6.45) is 2.64. The van der Waals surface area contributed by atoms with Crippen LogP contribution >= 0.6 is 11.3 Å². The lowest BCUT2D eigenvalue weighted by molar-refractivity contribution is 0.112. The number of nitrogens with zero attached hydrogens (tertiary/aromatic N) is 1. The number of carbonyl (C=O) groups is 1. The van der Waals surface area contributed by atoms with Gasteiger partial charge < -0.3 is 10.8 Å². The number of hydrogen-bond acceptors (Lipinski definition) is 5. The number of nitrogens with two attached hydrogens (primary N) is 1. The summed E-state index contributed by atoms with van der Waals surface area (Å²) < 4.78 is 0. The zero-order valence-electron chi connectivity index (χ0n) is 8.49. The van der Waals surface area contributed by atoms with Crippen molar-refractivity contribution >= 4 is 22.8 Å². The maximum absolute atomic E-state index is 10.4. The van der Waals surface area contributed by atoms with Crippen molar-refractivity contribution in [3.8, 4) is 0 Å². The second kappa shape index (κ2) is 7.46. The highest BCUT2D eigenvalue weighted by molar-refractivity contribution is 7.17. The first-order chi connectivity index (χ1) is 6.69. The van der Waals surface area contributed by atoms with Crippen LogP contribution in [0.3, 0.4) is 0 Å². The van der Waals surface area contributed by atoms with Crippen molar-refractivity contribution in [1.82, 2.24) is 4.98 Å². The number of aromatic nitrogens is 1. The fourth-order valence-electron chi connectivity index (χ4n) is 0.890. The van der Waals surface area contributed by atoms with Crippen LogP contribution in [0.2, 0.25) is 0 Å². The van der Waals surface area contributed by atoms with Crippen LogP contribution in [0, 0.1) is 0 Å². The molecule has 0 atom stereocenters. The molecule has 0 saturated heterocycles. The van der Waals surface area contributed by atoms with Crippen LogP contribution in [0.1, 0.15) is 35.6 Å². The zero-order chi connectivity index (χ0) is 11.0. The highest BCUT2D eigenvalue weighted by Crippen LogP contribution is 2.19. The molecule has 1 heterocycles. The highest BCUT2D eigenvalue weighted by atomic mass is 32.1. The van der Waals surface area contributed by atoms with E-state index >= 15 is 0 Å². The van der Waals surface area contributed by atoms with Crippen molar-refractivity contribution in [1.29, 1.82) is 0 Å². The van der Waals surface area contributed by atoms with Crippen LogP contribution < -0.4 is 5.73 Å². The Morgan fingerprint density at radius 3 is 2.57 bits per heavy atom. The molecule has 1 aromatic heterocycles. The Hall–Kier alpha value is -0.940. The number of hydrogen-bond donors (Lipinski definition) is 2. The van der Waals surface area contributed by atoms with E-state index in [9.17, 15) is 4.79 Å². The molecule has 14 heavy (non-hydrogen) atoms. The Morgan fingerprint density at radius 1 is 1.57 bits per heavy atom. The van der Waals surface area contributed by atoms with Crippen LogP contribution in [0.15, 0.2) is 0 Å². The predicted octanol–water partition coefficient (Wildman–Crippen LogP) is 1.49. The average Bonchev–Trinajstić information content (AvgIpc) is 2.48. The minimum Gasteiger partial charge on any atom is -0.397 e. The molecular formula is C9H16N2O2S. The van der Waals surface area contributed by atoms with Gasteiger partial charge in [0.05, 0.1) is 10.6 Å². The molecule has 0 fully saturated rings. The van der Waals surface area contributed by atoms with Gasteiger partial charge in [-0.05, 0) is 13.3 Å². The Kier molecular flexibility index (Phi) is 6.96. The topological polar surface area (TPSA) is 76.2 Å². The summed E-state index contributed by atoms with van der Waals surface area (Å²) >= 11 is 1.25. The number of aliphatic hydroxyl groups is 1. The van der Waals surface area contributed by atoms with E-state index in [4.69, 9.17) is 10.8 Å². The molecule has 0 radical (unpaired) electrons. The van der Waals surface area contributed by atoms with E-state index in [1.165, 1.54) is 11.3 Å². The molecule has 0 bridgehead atoms. The van der Waals surface area contributed by atoms with Crippen molar-refractivity contribution in [2.75, 3.05) is 12.3 Å². The van der Waals surface area contributed by atoms with Crippen molar-refractivity contribution in [3.05, 3.63) is 10.6 Å². The first-order valence-electron chi connectivity index (χ1n) is 4.50. The number of thiazole rings is 1. The number of nitrogen functional groups attached to an aromatic ring is 1. The quantitative estimate of drug-likeness (QED) is 0.750. The summed E-state index contributed by atoms with van der Waals surface area (Å²) in [6.45, 7) is 3.98. The molecule has 0 amide bonds. The Balaban J connectivity index is 0.000000500. The van der Waals surface area contributed by atoms with Gasteiger partial charge in [-0.3, -0.25) is 4.79 Å². The largest absolute Gasteiger partial charge is 0.397 e. The summed E-state index contributed by atoms with van der Waals surface area (Å²) in [5.41, 5.74) is 6.27. The molecule has 1 rings (SSSR count). The number of aldehydes is 1. The number of anilines is 1. The molecule has 80 valence electrons. The van der Waals surface area contributed by atoms with E-state index in [0.29, 0.717) is 10.0 Å². The molecule has 0 aliphatic heterocycles. The normalized spacial score (nSPS) is 9.07. The standard InChI is InChI=1S/C7H10N2OS.C2H6O/c1-2-3-5-6(4-10)11-7(8)9-5;1-2-3/h4H,2-3H2,1H3,(H2,8,9);3H,2H2,1H3. The SMILES string of the molecule is CCCc1nc(N)sc1C=O.CCO. The van der Waals surface area contributed by atoms with Gasteiger partial charge in [0.25, 0.3) is 0 Å². The van der Waals surface area contributed by atoms with Crippen LogP contribution in [-0.4, -0.2) is 23.0 Å². The van der Waals surface area contributed by atoms with Crippen LogP contribution in [-0.2, 0) is 6.42 Å². The maximum Gasteiger partial charge on any atom is 0.180 e.